The molecule has 0 unspecified atom stereocenters. The molecule has 1 aromatic rings. The highest BCUT2D eigenvalue weighted by Gasteiger charge is 2.17. The zero-order valence-electron chi connectivity index (χ0n) is 9.97. The molecule has 2 N–H and O–H groups in total. The minimum atomic E-state index is -1.36. The van der Waals surface area contributed by atoms with Gasteiger partial charge in [-0.05, 0) is 17.5 Å². The molecule has 0 spiro atoms. The molecule has 0 bridgehead atoms. The van der Waals surface area contributed by atoms with Crippen LogP contribution in [-0.2, 0) is 0 Å². The number of carboxylic acids is 1. The van der Waals surface area contributed by atoms with Gasteiger partial charge in [0.25, 0.3) is 0 Å². The van der Waals surface area contributed by atoms with Crippen molar-refractivity contribution in [3.05, 3.63) is 29.3 Å². The van der Waals surface area contributed by atoms with Crippen LogP contribution in [0.2, 0.25) is 0 Å². The Balaban J connectivity index is 2.98. The van der Waals surface area contributed by atoms with E-state index in [-0.39, 0.29) is 11.1 Å². The first-order valence-corrected chi connectivity index (χ1v) is 5.17. The molecule has 3 nitrogen and oxygen atoms in total. The van der Waals surface area contributed by atoms with Crippen LogP contribution in [0, 0.1) is 17.0 Å². The van der Waals surface area contributed by atoms with Crippen LogP contribution < -0.4 is 5.32 Å². The summed E-state index contributed by atoms with van der Waals surface area (Å²) in [5.74, 6) is -3.15. The van der Waals surface area contributed by atoms with Crippen molar-refractivity contribution in [1.29, 1.82) is 0 Å². The first-order valence-electron chi connectivity index (χ1n) is 5.17. The zero-order valence-corrected chi connectivity index (χ0v) is 9.97. The van der Waals surface area contributed by atoms with Gasteiger partial charge in [-0.1, -0.05) is 20.8 Å². The van der Waals surface area contributed by atoms with Crippen molar-refractivity contribution in [3.8, 4) is 0 Å². The molecule has 0 radical (unpaired) electrons. The maximum atomic E-state index is 13.5. The molecule has 0 atom stereocenters. The fourth-order valence-electron chi connectivity index (χ4n) is 1.22. The van der Waals surface area contributed by atoms with Gasteiger partial charge < -0.3 is 10.4 Å². The summed E-state index contributed by atoms with van der Waals surface area (Å²) < 4.78 is 27.0. The van der Waals surface area contributed by atoms with E-state index >= 15 is 0 Å². The predicted molar refractivity (Wildman–Crippen MR) is 61.3 cm³/mol. The fourth-order valence-corrected chi connectivity index (χ4v) is 1.22. The summed E-state index contributed by atoms with van der Waals surface area (Å²) in [7, 11) is 0. The molecular weight excluding hydrogens is 228 g/mol. The fraction of sp³-hybridized carbons (Fsp3) is 0.417. The number of halogens is 2. The van der Waals surface area contributed by atoms with Crippen LogP contribution in [-0.4, -0.2) is 17.6 Å². The molecule has 0 aliphatic heterocycles. The molecule has 0 aromatic heterocycles. The largest absolute Gasteiger partial charge is 0.478 e. The molecule has 1 rings (SSSR count). The van der Waals surface area contributed by atoms with E-state index in [1.807, 2.05) is 20.8 Å². The highest BCUT2D eigenvalue weighted by molar-refractivity contribution is 5.88. The second kappa shape index (κ2) is 4.69. The summed E-state index contributed by atoms with van der Waals surface area (Å²) >= 11 is 0. The van der Waals surface area contributed by atoms with E-state index in [0.29, 0.717) is 6.54 Å². The average Bonchev–Trinajstić information content (AvgIpc) is 2.14. The Bertz CT molecular complexity index is 416. The van der Waals surface area contributed by atoms with E-state index in [1.165, 1.54) is 0 Å². The minimum absolute atomic E-state index is 0.135. The van der Waals surface area contributed by atoms with Crippen LogP contribution in [0.15, 0.2) is 12.1 Å². The van der Waals surface area contributed by atoms with Crippen molar-refractivity contribution in [1.82, 2.24) is 0 Å². The Morgan fingerprint density at radius 1 is 1.29 bits per heavy atom. The van der Waals surface area contributed by atoms with Gasteiger partial charge in [0.1, 0.15) is 17.3 Å². The van der Waals surface area contributed by atoms with Crippen LogP contribution >= 0.6 is 0 Å². The maximum absolute atomic E-state index is 13.5. The normalized spacial score (nSPS) is 11.4. The molecule has 0 heterocycles. The summed E-state index contributed by atoms with van der Waals surface area (Å²) in [5.41, 5.74) is -0.823. The van der Waals surface area contributed by atoms with Crippen molar-refractivity contribution in [3.63, 3.8) is 0 Å². The van der Waals surface area contributed by atoms with Crippen molar-refractivity contribution >= 4 is 11.7 Å². The third-order valence-electron chi connectivity index (χ3n) is 2.08. The van der Waals surface area contributed by atoms with Gasteiger partial charge in [0, 0.05) is 6.54 Å². The number of nitrogens with one attached hydrogen (secondary N) is 1. The van der Waals surface area contributed by atoms with Crippen LogP contribution in [0.4, 0.5) is 14.5 Å². The molecule has 5 heteroatoms. The van der Waals surface area contributed by atoms with Gasteiger partial charge >= 0.3 is 5.97 Å². The molecule has 0 saturated carbocycles. The molecule has 17 heavy (non-hydrogen) atoms. The Morgan fingerprint density at radius 3 is 2.12 bits per heavy atom. The highest BCUT2D eigenvalue weighted by Crippen LogP contribution is 2.23. The van der Waals surface area contributed by atoms with Crippen molar-refractivity contribution in [2.24, 2.45) is 5.41 Å². The number of rotatable bonds is 3. The number of hydrogen-bond acceptors (Lipinski definition) is 2. The lowest BCUT2D eigenvalue weighted by atomic mass is 9.97. The molecule has 0 saturated heterocycles. The van der Waals surface area contributed by atoms with Crippen LogP contribution in [0.5, 0.6) is 0 Å². The smallest absolute Gasteiger partial charge is 0.335 e. The molecule has 0 aliphatic carbocycles. The lowest BCUT2D eigenvalue weighted by Gasteiger charge is -2.20. The number of anilines is 1. The first-order chi connectivity index (χ1) is 7.70. The minimum Gasteiger partial charge on any atom is -0.478 e. The summed E-state index contributed by atoms with van der Waals surface area (Å²) in [6.45, 7) is 6.14. The highest BCUT2D eigenvalue weighted by atomic mass is 19.1. The quantitative estimate of drug-likeness (QED) is 0.857. The van der Waals surface area contributed by atoms with Gasteiger partial charge in [0.05, 0.1) is 5.56 Å². The standard InChI is InChI=1S/C12H15F2NO2/c1-12(2,3)6-15-10-8(13)4-7(11(16)17)5-9(10)14/h4-5,15H,6H2,1-3H3,(H,16,17). The Kier molecular flexibility index (Phi) is 3.70. The van der Waals surface area contributed by atoms with E-state index in [9.17, 15) is 13.6 Å². The first kappa shape index (κ1) is 13.4. The number of carboxylic acid groups (broad SMARTS) is 1. The molecular formula is C12H15F2NO2. The average molecular weight is 243 g/mol. The van der Waals surface area contributed by atoms with Gasteiger partial charge in [-0.2, -0.15) is 0 Å². The van der Waals surface area contributed by atoms with Gasteiger partial charge in [-0.3, -0.25) is 0 Å². The van der Waals surface area contributed by atoms with E-state index in [0.717, 1.165) is 12.1 Å². The molecule has 0 fully saturated rings. The van der Waals surface area contributed by atoms with Gasteiger partial charge in [0.2, 0.25) is 0 Å². The molecule has 1 aromatic carbocycles. The van der Waals surface area contributed by atoms with Crippen molar-refractivity contribution in [2.75, 3.05) is 11.9 Å². The SMILES string of the molecule is CC(C)(C)CNc1c(F)cc(C(=O)O)cc1F. The van der Waals surface area contributed by atoms with Crippen molar-refractivity contribution in [2.45, 2.75) is 20.8 Å². The predicted octanol–water partition coefficient (Wildman–Crippen LogP) is 3.12. The lowest BCUT2D eigenvalue weighted by Crippen LogP contribution is -2.20. The Hall–Kier alpha value is -1.65. The number of benzene rings is 1. The summed E-state index contributed by atoms with van der Waals surface area (Å²) in [5, 5.41) is 11.3. The third-order valence-corrected chi connectivity index (χ3v) is 2.08. The number of hydrogen-bond donors (Lipinski definition) is 2. The second-order valence-corrected chi connectivity index (χ2v) is 5.03. The number of aromatic carboxylic acids is 1. The summed E-state index contributed by atoms with van der Waals surface area (Å²) in [4.78, 5) is 10.6. The lowest BCUT2D eigenvalue weighted by molar-refractivity contribution is 0.0696. The molecule has 0 amide bonds. The summed E-state index contributed by atoms with van der Waals surface area (Å²) in [6.07, 6.45) is 0. The molecule has 0 aliphatic rings. The van der Waals surface area contributed by atoms with Gasteiger partial charge in [-0.15, -0.1) is 0 Å². The Morgan fingerprint density at radius 2 is 1.76 bits per heavy atom. The second-order valence-electron chi connectivity index (χ2n) is 5.03. The third kappa shape index (κ3) is 3.69. The van der Waals surface area contributed by atoms with E-state index < -0.39 is 23.2 Å². The van der Waals surface area contributed by atoms with Crippen LogP contribution in [0.25, 0.3) is 0 Å². The topological polar surface area (TPSA) is 49.3 Å². The summed E-state index contributed by atoms with van der Waals surface area (Å²) in [6, 6.07) is 1.60. The molecule has 94 valence electrons. The maximum Gasteiger partial charge on any atom is 0.335 e. The van der Waals surface area contributed by atoms with Gasteiger partial charge in [0.15, 0.2) is 0 Å². The van der Waals surface area contributed by atoms with E-state index in [4.69, 9.17) is 5.11 Å². The van der Waals surface area contributed by atoms with E-state index in [1.54, 1.807) is 0 Å². The van der Waals surface area contributed by atoms with Crippen molar-refractivity contribution < 1.29 is 18.7 Å². The monoisotopic (exact) mass is 243 g/mol. The zero-order chi connectivity index (χ0) is 13.2. The van der Waals surface area contributed by atoms with Crippen LogP contribution in [0.1, 0.15) is 31.1 Å². The number of carbonyl (C=O) groups is 1. The van der Waals surface area contributed by atoms with Gasteiger partial charge in [-0.25, -0.2) is 13.6 Å². The van der Waals surface area contributed by atoms with E-state index in [2.05, 4.69) is 5.32 Å². The Labute approximate surface area is 98.5 Å². The van der Waals surface area contributed by atoms with Crippen LogP contribution in [0.3, 0.4) is 0 Å².